The predicted octanol–water partition coefficient (Wildman–Crippen LogP) is 1.56. The number of aromatic nitrogens is 1. The molecule has 0 fully saturated rings. The van der Waals surface area contributed by atoms with E-state index in [1.165, 1.54) is 4.46 Å². The number of benzene rings is 1. The van der Waals surface area contributed by atoms with E-state index in [0.29, 0.717) is 15.0 Å². The van der Waals surface area contributed by atoms with E-state index in [2.05, 4.69) is 17.1 Å². The SMILES string of the molecule is OC(C[Se]c1ccccc1)c1ccncc1. The standard InChI is InChI=1S/C13H13NOSe/c15-13(11-6-8-14-9-7-11)10-16-12-4-2-1-3-5-12/h1-9,13,15H,10H2. The van der Waals surface area contributed by atoms with Crippen LogP contribution in [0.3, 0.4) is 0 Å². The normalized spacial score (nSPS) is 12.3. The Balaban J connectivity index is 1.92. The molecule has 2 rings (SSSR count). The van der Waals surface area contributed by atoms with Crippen molar-refractivity contribution in [3.05, 3.63) is 60.4 Å². The molecular formula is C13H13NOSe. The maximum absolute atomic E-state index is 9.97. The fraction of sp³-hybridized carbons (Fsp3) is 0.154. The van der Waals surface area contributed by atoms with Crippen molar-refractivity contribution in [1.29, 1.82) is 0 Å². The van der Waals surface area contributed by atoms with Gasteiger partial charge in [-0.15, -0.1) is 0 Å². The summed E-state index contributed by atoms with van der Waals surface area (Å²) in [5.41, 5.74) is 0.952. The van der Waals surface area contributed by atoms with Crippen molar-refractivity contribution < 1.29 is 5.11 Å². The first kappa shape index (κ1) is 11.3. The van der Waals surface area contributed by atoms with E-state index in [4.69, 9.17) is 0 Å². The zero-order chi connectivity index (χ0) is 11.2. The zero-order valence-corrected chi connectivity index (χ0v) is 10.5. The molecule has 0 amide bonds. The van der Waals surface area contributed by atoms with E-state index in [-0.39, 0.29) is 6.10 Å². The molecule has 82 valence electrons. The summed E-state index contributed by atoms with van der Waals surface area (Å²) < 4.78 is 1.32. The van der Waals surface area contributed by atoms with Crippen molar-refractivity contribution in [2.75, 3.05) is 0 Å². The van der Waals surface area contributed by atoms with Gasteiger partial charge in [-0.1, -0.05) is 0 Å². The number of aliphatic hydroxyl groups is 1. The Morgan fingerprint density at radius 2 is 1.75 bits per heavy atom. The molecule has 0 aliphatic heterocycles. The second-order valence-electron chi connectivity index (χ2n) is 3.42. The molecule has 0 aliphatic rings. The van der Waals surface area contributed by atoms with Gasteiger partial charge >= 0.3 is 101 Å². The number of aliphatic hydroxyl groups excluding tert-OH is 1. The van der Waals surface area contributed by atoms with Crippen LogP contribution in [0, 0.1) is 0 Å². The molecule has 0 spiro atoms. The predicted molar refractivity (Wildman–Crippen MR) is 65.8 cm³/mol. The molecule has 0 bridgehead atoms. The van der Waals surface area contributed by atoms with Crippen molar-refractivity contribution in [3.63, 3.8) is 0 Å². The van der Waals surface area contributed by atoms with Crippen LogP contribution in [-0.2, 0) is 0 Å². The van der Waals surface area contributed by atoms with E-state index in [1.54, 1.807) is 12.4 Å². The Kier molecular flexibility index (Phi) is 4.11. The average Bonchev–Trinajstić information content (AvgIpc) is 2.38. The van der Waals surface area contributed by atoms with Crippen molar-refractivity contribution in [3.8, 4) is 0 Å². The molecule has 1 aromatic heterocycles. The molecular weight excluding hydrogens is 265 g/mol. The van der Waals surface area contributed by atoms with Gasteiger partial charge in [0.1, 0.15) is 0 Å². The number of hydrogen-bond donors (Lipinski definition) is 1. The Hall–Kier alpha value is -1.15. The van der Waals surface area contributed by atoms with Crippen molar-refractivity contribution in [1.82, 2.24) is 4.98 Å². The average molecular weight is 278 g/mol. The van der Waals surface area contributed by atoms with E-state index in [9.17, 15) is 5.11 Å². The summed E-state index contributed by atoms with van der Waals surface area (Å²) in [4.78, 5) is 3.94. The number of pyridine rings is 1. The molecule has 1 unspecified atom stereocenters. The van der Waals surface area contributed by atoms with Gasteiger partial charge in [0.15, 0.2) is 0 Å². The first-order valence-corrected chi connectivity index (χ1v) is 7.19. The van der Waals surface area contributed by atoms with Crippen LogP contribution in [0.5, 0.6) is 0 Å². The van der Waals surface area contributed by atoms with Gasteiger partial charge in [0.2, 0.25) is 0 Å². The number of nitrogens with zero attached hydrogens (tertiary/aromatic N) is 1. The van der Waals surface area contributed by atoms with Crippen LogP contribution in [-0.4, -0.2) is 25.0 Å². The Labute approximate surface area is 102 Å². The van der Waals surface area contributed by atoms with Gasteiger partial charge in [0.25, 0.3) is 0 Å². The van der Waals surface area contributed by atoms with Crippen LogP contribution in [0.2, 0.25) is 5.32 Å². The van der Waals surface area contributed by atoms with Crippen LogP contribution in [0.25, 0.3) is 0 Å². The van der Waals surface area contributed by atoms with Gasteiger partial charge in [0, 0.05) is 0 Å². The van der Waals surface area contributed by atoms with Gasteiger partial charge in [-0.2, -0.15) is 0 Å². The summed E-state index contributed by atoms with van der Waals surface area (Å²) in [6.45, 7) is 0. The number of hydrogen-bond acceptors (Lipinski definition) is 2. The quantitative estimate of drug-likeness (QED) is 0.861. The summed E-state index contributed by atoms with van der Waals surface area (Å²) in [6.07, 6.45) is 3.06. The van der Waals surface area contributed by atoms with Crippen LogP contribution >= 0.6 is 0 Å². The van der Waals surface area contributed by atoms with Gasteiger partial charge in [-0.3, -0.25) is 0 Å². The van der Waals surface area contributed by atoms with E-state index in [0.717, 1.165) is 10.9 Å². The summed E-state index contributed by atoms with van der Waals surface area (Å²) >= 11 is 0.323. The van der Waals surface area contributed by atoms with Crippen LogP contribution in [0.15, 0.2) is 54.9 Å². The maximum atomic E-state index is 9.97. The minimum atomic E-state index is -0.372. The second-order valence-corrected chi connectivity index (χ2v) is 5.71. The minimum absolute atomic E-state index is 0.323. The summed E-state index contributed by atoms with van der Waals surface area (Å²) in [6, 6.07) is 14.0. The first-order chi connectivity index (χ1) is 7.86. The molecule has 3 heteroatoms. The molecule has 1 heterocycles. The molecule has 16 heavy (non-hydrogen) atoms. The van der Waals surface area contributed by atoms with Gasteiger partial charge < -0.3 is 0 Å². The summed E-state index contributed by atoms with van der Waals surface area (Å²) in [5.74, 6) is 0. The van der Waals surface area contributed by atoms with Gasteiger partial charge in [-0.05, 0) is 0 Å². The molecule has 0 saturated carbocycles. The van der Waals surface area contributed by atoms with E-state index < -0.39 is 0 Å². The first-order valence-electron chi connectivity index (χ1n) is 5.12. The monoisotopic (exact) mass is 279 g/mol. The fourth-order valence-corrected chi connectivity index (χ4v) is 3.25. The third kappa shape index (κ3) is 3.17. The Bertz CT molecular complexity index is 418. The van der Waals surface area contributed by atoms with Crippen LogP contribution in [0.4, 0.5) is 0 Å². The molecule has 1 aromatic carbocycles. The van der Waals surface area contributed by atoms with Gasteiger partial charge in [-0.25, -0.2) is 0 Å². The molecule has 0 aliphatic carbocycles. The van der Waals surface area contributed by atoms with Crippen LogP contribution < -0.4 is 4.46 Å². The van der Waals surface area contributed by atoms with Crippen molar-refractivity contribution >= 4 is 19.4 Å². The van der Waals surface area contributed by atoms with Crippen molar-refractivity contribution in [2.24, 2.45) is 0 Å². The summed E-state index contributed by atoms with van der Waals surface area (Å²) in [5, 5.41) is 10.8. The Morgan fingerprint density at radius 3 is 2.44 bits per heavy atom. The molecule has 0 radical (unpaired) electrons. The topological polar surface area (TPSA) is 33.1 Å². The molecule has 2 nitrogen and oxygen atoms in total. The molecule has 1 N–H and O–H groups in total. The fourth-order valence-electron chi connectivity index (χ4n) is 1.37. The Morgan fingerprint density at radius 1 is 1.06 bits per heavy atom. The molecule has 1 atom stereocenters. The zero-order valence-electron chi connectivity index (χ0n) is 8.78. The second kappa shape index (κ2) is 5.80. The van der Waals surface area contributed by atoms with Gasteiger partial charge in [0.05, 0.1) is 0 Å². The molecule has 2 aromatic rings. The third-order valence-corrected chi connectivity index (χ3v) is 4.52. The summed E-state index contributed by atoms with van der Waals surface area (Å²) in [7, 11) is 0. The third-order valence-electron chi connectivity index (χ3n) is 2.24. The van der Waals surface area contributed by atoms with Crippen LogP contribution in [0.1, 0.15) is 11.7 Å². The van der Waals surface area contributed by atoms with E-state index >= 15 is 0 Å². The van der Waals surface area contributed by atoms with Crippen molar-refractivity contribution in [2.45, 2.75) is 11.4 Å². The molecule has 0 saturated heterocycles. The number of rotatable bonds is 4. The van der Waals surface area contributed by atoms with E-state index in [1.807, 2.05) is 30.3 Å².